The average Bonchev–Trinajstić information content (AvgIpc) is 2.42. The molecule has 1 saturated heterocycles. The van der Waals surface area contributed by atoms with E-state index in [1.165, 1.54) is 24.2 Å². The molecule has 1 aliphatic rings. The lowest BCUT2D eigenvalue weighted by molar-refractivity contribution is -0.920. The standard InChI is InChI=1S/C15H22N2O2/c1-12-7-5-6-10-17(12)11-15(18)16-13-8-3-4-9-14(13)19-2/h3-4,8-9,12H,5-7,10-11H2,1-2H3,(H,16,18)/p+1/t12-/m0/s1. The van der Waals surface area contributed by atoms with Gasteiger partial charge in [0.15, 0.2) is 6.54 Å². The molecule has 1 aromatic rings. The van der Waals surface area contributed by atoms with E-state index in [1.807, 2.05) is 24.3 Å². The summed E-state index contributed by atoms with van der Waals surface area (Å²) in [5.41, 5.74) is 0.749. The third kappa shape index (κ3) is 3.70. The van der Waals surface area contributed by atoms with Gasteiger partial charge >= 0.3 is 0 Å². The van der Waals surface area contributed by atoms with Crippen LogP contribution in [0.25, 0.3) is 0 Å². The molecule has 0 spiro atoms. The number of ether oxygens (including phenoxy) is 1. The Hall–Kier alpha value is -1.55. The van der Waals surface area contributed by atoms with Crippen molar-refractivity contribution in [3.8, 4) is 5.75 Å². The van der Waals surface area contributed by atoms with Crippen LogP contribution in [0.15, 0.2) is 24.3 Å². The third-order valence-corrected chi connectivity index (χ3v) is 3.85. The number of anilines is 1. The smallest absolute Gasteiger partial charge is 0.279 e. The lowest BCUT2D eigenvalue weighted by Gasteiger charge is -2.29. The fourth-order valence-corrected chi connectivity index (χ4v) is 2.66. The first-order valence-corrected chi connectivity index (χ1v) is 6.98. The van der Waals surface area contributed by atoms with Gasteiger partial charge in [-0.15, -0.1) is 0 Å². The van der Waals surface area contributed by atoms with Gasteiger partial charge in [0.25, 0.3) is 5.91 Å². The number of methoxy groups -OCH3 is 1. The van der Waals surface area contributed by atoms with Crippen molar-refractivity contribution in [3.05, 3.63) is 24.3 Å². The van der Waals surface area contributed by atoms with Gasteiger partial charge in [-0.25, -0.2) is 0 Å². The van der Waals surface area contributed by atoms with Crippen LogP contribution in [0.5, 0.6) is 5.75 Å². The van der Waals surface area contributed by atoms with E-state index in [0.717, 1.165) is 12.2 Å². The number of nitrogens with one attached hydrogen (secondary N) is 2. The molecule has 1 aromatic carbocycles. The van der Waals surface area contributed by atoms with Crippen LogP contribution in [-0.4, -0.2) is 32.1 Å². The molecule has 1 unspecified atom stereocenters. The lowest BCUT2D eigenvalue weighted by atomic mass is 10.0. The highest BCUT2D eigenvalue weighted by Gasteiger charge is 2.24. The Bertz CT molecular complexity index is 434. The number of benzene rings is 1. The van der Waals surface area contributed by atoms with Crippen LogP contribution < -0.4 is 15.0 Å². The van der Waals surface area contributed by atoms with Gasteiger partial charge in [-0.3, -0.25) is 4.79 Å². The molecule has 4 nitrogen and oxygen atoms in total. The predicted octanol–water partition coefficient (Wildman–Crippen LogP) is 1.09. The molecule has 0 aliphatic carbocycles. The third-order valence-electron chi connectivity index (χ3n) is 3.85. The van der Waals surface area contributed by atoms with Crippen molar-refractivity contribution < 1.29 is 14.4 Å². The quantitative estimate of drug-likeness (QED) is 0.854. The molecular formula is C15H23N2O2+. The summed E-state index contributed by atoms with van der Waals surface area (Å²) in [6.45, 7) is 3.87. The second kappa shape index (κ2) is 6.57. The minimum Gasteiger partial charge on any atom is -0.495 e. The number of likely N-dealkylation sites (tertiary alicyclic amines) is 1. The summed E-state index contributed by atoms with van der Waals surface area (Å²) < 4.78 is 5.24. The zero-order chi connectivity index (χ0) is 13.7. The van der Waals surface area contributed by atoms with Crippen molar-refractivity contribution in [3.63, 3.8) is 0 Å². The molecule has 4 heteroatoms. The second-order valence-corrected chi connectivity index (χ2v) is 5.23. The summed E-state index contributed by atoms with van der Waals surface area (Å²) in [5, 5.41) is 2.94. The highest BCUT2D eigenvalue weighted by molar-refractivity contribution is 5.92. The maximum Gasteiger partial charge on any atom is 0.279 e. The maximum absolute atomic E-state index is 12.1. The Morgan fingerprint density at radius 2 is 2.21 bits per heavy atom. The molecule has 1 fully saturated rings. The lowest BCUT2D eigenvalue weighted by Crippen LogP contribution is -3.17. The van der Waals surface area contributed by atoms with Gasteiger partial charge in [0, 0.05) is 0 Å². The van der Waals surface area contributed by atoms with E-state index in [-0.39, 0.29) is 5.91 Å². The fourth-order valence-electron chi connectivity index (χ4n) is 2.66. The molecule has 1 heterocycles. The zero-order valence-corrected chi connectivity index (χ0v) is 11.7. The number of piperidine rings is 1. The molecule has 0 aromatic heterocycles. The second-order valence-electron chi connectivity index (χ2n) is 5.23. The van der Waals surface area contributed by atoms with Crippen LogP contribution in [-0.2, 0) is 4.79 Å². The molecule has 2 atom stereocenters. The van der Waals surface area contributed by atoms with Crippen molar-refractivity contribution in [1.29, 1.82) is 0 Å². The van der Waals surface area contributed by atoms with Crippen molar-refractivity contribution in [2.75, 3.05) is 25.5 Å². The summed E-state index contributed by atoms with van der Waals surface area (Å²) in [5.74, 6) is 0.769. The molecule has 1 aliphatic heterocycles. The minimum absolute atomic E-state index is 0.0632. The Morgan fingerprint density at radius 3 is 2.95 bits per heavy atom. The van der Waals surface area contributed by atoms with E-state index in [1.54, 1.807) is 7.11 Å². The fraction of sp³-hybridized carbons (Fsp3) is 0.533. The first kappa shape index (κ1) is 13.9. The number of carbonyl (C=O) groups excluding carboxylic acids is 1. The van der Waals surface area contributed by atoms with Crippen LogP contribution in [0, 0.1) is 0 Å². The van der Waals surface area contributed by atoms with Gasteiger partial charge in [-0.2, -0.15) is 0 Å². The number of hydrogen-bond donors (Lipinski definition) is 2. The van der Waals surface area contributed by atoms with Crippen LogP contribution in [0.3, 0.4) is 0 Å². The SMILES string of the molecule is COc1ccccc1NC(=O)C[NH+]1CCCC[C@@H]1C. The molecule has 19 heavy (non-hydrogen) atoms. The van der Waals surface area contributed by atoms with E-state index in [0.29, 0.717) is 18.3 Å². The molecule has 0 bridgehead atoms. The first-order valence-electron chi connectivity index (χ1n) is 6.98. The predicted molar refractivity (Wildman–Crippen MR) is 75.6 cm³/mol. The van der Waals surface area contributed by atoms with Crippen molar-refractivity contribution in [2.45, 2.75) is 32.2 Å². The number of para-hydroxylation sites is 2. The first-order chi connectivity index (χ1) is 9.20. The Kier molecular flexibility index (Phi) is 4.80. The normalized spacial score (nSPS) is 22.8. The van der Waals surface area contributed by atoms with Gasteiger partial charge in [-0.05, 0) is 38.3 Å². The monoisotopic (exact) mass is 263 g/mol. The molecule has 1 amide bonds. The van der Waals surface area contributed by atoms with Gasteiger partial charge in [0.2, 0.25) is 0 Å². The molecule has 2 rings (SSSR count). The van der Waals surface area contributed by atoms with Crippen LogP contribution in [0.1, 0.15) is 26.2 Å². The topological polar surface area (TPSA) is 42.8 Å². The van der Waals surface area contributed by atoms with Crippen molar-refractivity contribution in [1.82, 2.24) is 0 Å². The summed E-state index contributed by atoms with van der Waals surface area (Å²) in [4.78, 5) is 13.5. The van der Waals surface area contributed by atoms with Crippen LogP contribution in [0.2, 0.25) is 0 Å². The molecular weight excluding hydrogens is 240 g/mol. The van der Waals surface area contributed by atoms with Gasteiger partial charge < -0.3 is 15.0 Å². The van der Waals surface area contributed by atoms with E-state index in [9.17, 15) is 4.79 Å². The average molecular weight is 263 g/mol. The summed E-state index contributed by atoms with van der Waals surface area (Å²) in [6, 6.07) is 8.09. The molecule has 2 N–H and O–H groups in total. The summed E-state index contributed by atoms with van der Waals surface area (Å²) in [6.07, 6.45) is 3.73. The Balaban J connectivity index is 1.93. The number of rotatable bonds is 4. The number of hydrogen-bond acceptors (Lipinski definition) is 2. The molecule has 0 radical (unpaired) electrons. The summed E-state index contributed by atoms with van der Waals surface area (Å²) >= 11 is 0. The van der Waals surface area contributed by atoms with E-state index in [2.05, 4.69) is 12.2 Å². The number of quaternary nitrogens is 1. The van der Waals surface area contributed by atoms with E-state index >= 15 is 0 Å². The Morgan fingerprint density at radius 1 is 1.42 bits per heavy atom. The van der Waals surface area contributed by atoms with Gasteiger partial charge in [0.05, 0.1) is 25.4 Å². The summed E-state index contributed by atoms with van der Waals surface area (Å²) in [7, 11) is 1.61. The van der Waals surface area contributed by atoms with Gasteiger partial charge in [-0.1, -0.05) is 12.1 Å². The van der Waals surface area contributed by atoms with Gasteiger partial charge in [0.1, 0.15) is 5.75 Å². The largest absolute Gasteiger partial charge is 0.495 e. The zero-order valence-electron chi connectivity index (χ0n) is 11.7. The molecule has 104 valence electrons. The van der Waals surface area contributed by atoms with Crippen LogP contribution in [0.4, 0.5) is 5.69 Å². The van der Waals surface area contributed by atoms with Crippen molar-refractivity contribution >= 4 is 11.6 Å². The Labute approximate surface area is 114 Å². The minimum atomic E-state index is 0.0632. The number of amides is 1. The van der Waals surface area contributed by atoms with Crippen LogP contribution >= 0.6 is 0 Å². The maximum atomic E-state index is 12.1. The van der Waals surface area contributed by atoms with E-state index in [4.69, 9.17) is 4.74 Å². The van der Waals surface area contributed by atoms with E-state index < -0.39 is 0 Å². The molecule has 0 saturated carbocycles. The van der Waals surface area contributed by atoms with Crippen molar-refractivity contribution in [2.24, 2.45) is 0 Å². The highest BCUT2D eigenvalue weighted by atomic mass is 16.5. The number of carbonyl (C=O) groups is 1. The highest BCUT2D eigenvalue weighted by Crippen LogP contribution is 2.22.